The van der Waals surface area contributed by atoms with Crippen LogP contribution in [-0.4, -0.2) is 52.4 Å². The molecule has 0 aromatic carbocycles. The summed E-state index contributed by atoms with van der Waals surface area (Å²) in [4.78, 5) is 0. The van der Waals surface area contributed by atoms with Gasteiger partial charge in [-0.2, -0.15) is 0 Å². The minimum absolute atomic E-state index is 0.790. The zero-order chi connectivity index (χ0) is 14.9. The van der Waals surface area contributed by atoms with Crippen LogP contribution in [0.15, 0.2) is 0 Å². The molecule has 0 bridgehead atoms. The molecule has 0 aliphatic carbocycles. The van der Waals surface area contributed by atoms with Crippen molar-refractivity contribution in [2.75, 3.05) is 33.0 Å². The molecule has 0 unspecified atom stereocenters. The van der Waals surface area contributed by atoms with Crippen LogP contribution in [0.25, 0.3) is 0 Å². The molecule has 0 saturated carbocycles. The monoisotopic (exact) mass is 303 g/mol. The summed E-state index contributed by atoms with van der Waals surface area (Å²) < 4.78 is 46.4. The minimum Gasteiger partial charge on any atom is -0.510 e. The molecule has 1 fully saturated rings. The fraction of sp³-hybridized carbons (Fsp3) is 1.00. The Balaban J connectivity index is 0.000000555. The second-order valence-electron chi connectivity index (χ2n) is 5.60. The standard InChI is InChI=1S/C12H26NO.Al.4FH/c1-4-9-14-11-13(10-12(2)3)7-5-6-8-13;;;;;/h12H,4-11H2,1-3H3;;4*1H/q+1;+3;;;;/p-4. The van der Waals surface area contributed by atoms with Crippen molar-refractivity contribution in [1.29, 1.82) is 0 Å². The first-order valence-corrected chi connectivity index (χ1v) is 8.73. The summed E-state index contributed by atoms with van der Waals surface area (Å²) in [6.07, 6.45) is 3.92. The second-order valence-corrected chi connectivity index (χ2v) is 6.59. The zero-order valence-corrected chi connectivity index (χ0v) is 13.3. The van der Waals surface area contributed by atoms with E-state index in [0.717, 1.165) is 25.7 Å². The highest BCUT2D eigenvalue weighted by molar-refractivity contribution is 6.50. The molecule has 1 saturated heterocycles. The lowest BCUT2D eigenvalue weighted by molar-refractivity contribution is -0.937. The van der Waals surface area contributed by atoms with Crippen molar-refractivity contribution in [1.82, 2.24) is 0 Å². The van der Waals surface area contributed by atoms with Crippen molar-refractivity contribution >= 4 is 14.9 Å². The smallest absolute Gasteiger partial charge is 0.510 e. The second kappa shape index (κ2) is 9.17. The van der Waals surface area contributed by atoms with E-state index in [2.05, 4.69) is 20.8 Å². The lowest BCUT2D eigenvalue weighted by atomic mass is 10.2. The molecule has 7 heteroatoms. The Kier molecular flexibility index (Phi) is 9.25. The molecule has 2 nitrogen and oxygen atoms in total. The fourth-order valence-electron chi connectivity index (χ4n) is 2.55. The van der Waals surface area contributed by atoms with E-state index in [1.807, 2.05) is 0 Å². The quantitative estimate of drug-likeness (QED) is 0.312. The van der Waals surface area contributed by atoms with Crippen molar-refractivity contribution in [3.8, 4) is 0 Å². The molecule has 0 radical (unpaired) electrons. The Labute approximate surface area is 117 Å². The van der Waals surface area contributed by atoms with Gasteiger partial charge in [0, 0.05) is 18.8 Å². The van der Waals surface area contributed by atoms with Crippen LogP contribution >= 0.6 is 0 Å². The third-order valence-electron chi connectivity index (χ3n) is 2.98. The molecule has 0 aromatic heterocycles. The Morgan fingerprint density at radius 3 is 1.95 bits per heavy atom. The predicted molar refractivity (Wildman–Crippen MR) is 70.2 cm³/mol. The van der Waals surface area contributed by atoms with Gasteiger partial charge in [0.1, 0.15) is 0 Å². The first-order chi connectivity index (χ1) is 8.68. The van der Waals surface area contributed by atoms with Gasteiger partial charge in [-0.1, -0.05) is 20.8 Å². The number of quaternary nitrogens is 1. The maximum atomic E-state index is 9.85. The summed E-state index contributed by atoms with van der Waals surface area (Å²) in [7, 11) is 0. The molecule has 116 valence electrons. The molecule has 1 rings (SSSR count). The van der Waals surface area contributed by atoms with Gasteiger partial charge in [0.2, 0.25) is 0 Å². The SMILES string of the molecule is CCCOC[N+]1(CC(C)C)CCCC1.[F][Al-]([F])([F])[F]. The van der Waals surface area contributed by atoms with Crippen LogP contribution in [0.5, 0.6) is 0 Å². The summed E-state index contributed by atoms with van der Waals surface area (Å²) in [5.41, 5.74) is 0. The van der Waals surface area contributed by atoms with Gasteiger partial charge in [0.15, 0.2) is 6.73 Å². The lowest BCUT2D eigenvalue weighted by Gasteiger charge is -2.35. The molecule has 1 heterocycles. The summed E-state index contributed by atoms with van der Waals surface area (Å²) >= 11 is -6.83. The van der Waals surface area contributed by atoms with Crippen LogP contribution in [0.3, 0.4) is 0 Å². The highest BCUT2D eigenvalue weighted by Gasteiger charge is 2.41. The largest absolute Gasteiger partial charge is 1.04 e. The van der Waals surface area contributed by atoms with Crippen LogP contribution < -0.4 is 0 Å². The van der Waals surface area contributed by atoms with Gasteiger partial charge in [-0.05, 0) is 6.42 Å². The average molecular weight is 303 g/mol. The number of nitrogens with zero attached hydrogens (tertiary/aromatic N) is 1. The van der Waals surface area contributed by atoms with Crippen LogP contribution in [0.2, 0.25) is 0 Å². The van der Waals surface area contributed by atoms with E-state index in [-0.39, 0.29) is 0 Å². The maximum Gasteiger partial charge on any atom is 1.04 e. The van der Waals surface area contributed by atoms with Gasteiger partial charge in [-0.15, -0.1) is 0 Å². The lowest BCUT2D eigenvalue weighted by Crippen LogP contribution is -2.49. The maximum absolute atomic E-state index is 9.85. The van der Waals surface area contributed by atoms with Gasteiger partial charge in [0.05, 0.1) is 26.2 Å². The van der Waals surface area contributed by atoms with E-state index in [0.29, 0.717) is 0 Å². The average Bonchev–Trinajstić information content (AvgIpc) is 2.63. The third-order valence-corrected chi connectivity index (χ3v) is 2.98. The number of halogens is 4. The molecule has 0 spiro atoms. The number of hydrogen-bond acceptors (Lipinski definition) is 1. The van der Waals surface area contributed by atoms with Crippen molar-refractivity contribution in [2.45, 2.75) is 40.0 Å². The number of rotatable bonds is 6. The van der Waals surface area contributed by atoms with E-state index in [4.69, 9.17) is 4.74 Å². The molecule has 0 aromatic rings. The van der Waals surface area contributed by atoms with Gasteiger partial charge < -0.3 is 23.3 Å². The van der Waals surface area contributed by atoms with Crippen LogP contribution in [-0.2, 0) is 4.74 Å². The van der Waals surface area contributed by atoms with Crippen LogP contribution in [0, 0.1) is 5.92 Å². The van der Waals surface area contributed by atoms with Gasteiger partial charge in [-0.25, -0.2) is 0 Å². The minimum atomic E-state index is -6.83. The zero-order valence-electron chi connectivity index (χ0n) is 12.2. The Morgan fingerprint density at radius 2 is 1.58 bits per heavy atom. The summed E-state index contributed by atoms with van der Waals surface area (Å²) in [6, 6.07) is 0. The predicted octanol–water partition coefficient (Wildman–Crippen LogP) is 3.94. The van der Waals surface area contributed by atoms with Gasteiger partial charge in [0.25, 0.3) is 0 Å². The normalized spacial score (nSPS) is 18.3. The number of ether oxygens (including phenoxy) is 1. The van der Waals surface area contributed by atoms with E-state index in [1.54, 1.807) is 0 Å². The highest BCUT2D eigenvalue weighted by Crippen LogP contribution is 2.21. The first-order valence-electron chi connectivity index (χ1n) is 6.99. The van der Waals surface area contributed by atoms with Gasteiger partial charge in [-0.3, -0.25) is 0 Å². The molecular weight excluding hydrogens is 277 g/mol. The topological polar surface area (TPSA) is 9.23 Å². The summed E-state index contributed by atoms with van der Waals surface area (Å²) in [5.74, 6) is 0.790. The van der Waals surface area contributed by atoms with Crippen LogP contribution in [0.4, 0.5) is 14.1 Å². The van der Waals surface area contributed by atoms with Crippen molar-refractivity contribution in [3.05, 3.63) is 0 Å². The highest BCUT2D eigenvalue weighted by atomic mass is 27.5. The number of hydrogen-bond donors (Lipinski definition) is 0. The van der Waals surface area contributed by atoms with E-state index in [1.165, 1.54) is 37.0 Å². The molecule has 1 aliphatic rings. The van der Waals surface area contributed by atoms with Crippen molar-refractivity contribution in [3.63, 3.8) is 0 Å². The molecule has 0 atom stereocenters. The van der Waals surface area contributed by atoms with E-state index in [9.17, 15) is 14.1 Å². The van der Waals surface area contributed by atoms with E-state index < -0.39 is 14.9 Å². The van der Waals surface area contributed by atoms with Crippen molar-refractivity contribution < 1.29 is 23.3 Å². The Hall–Kier alpha value is 0.172. The molecule has 0 N–H and O–H groups in total. The third kappa shape index (κ3) is 11.7. The summed E-state index contributed by atoms with van der Waals surface area (Å²) in [5, 5.41) is 0. The molecule has 1 aliphatic heterocycles. The molecular formula is C12H26AlF4NO. The van der Waals surface area contributed by atoms with Crippen molar-refractivity contribution in [2.24, 2.45) is 5.92 Å². The fourth-order valence-corrected chi connectivity index (χ4v) is 2.55. The molecule has 0 amide bonds. The van der Waals surface area contributed by atoms with Crippen LogP contribution in [0.1, 0.15) is 40.0 Å². The Morgan fingerprint density at radius 1 is 1.11 bits per heavy atom. The molecule has 19 heavy (non-hydrogen) atoms. The summed E-state index contributed by atoms with van der Waals surface area (Å²) in [6.45, 7) is 12.7. The Bertz CT molecular complexity index is 224. The van der Waals surface area contributed by atoms with E-state index >= 15 is 0 Å². The number of likely N-dealkylation sites (tertiary alicyclic amines) is 1. The first kappa shape index (κ1) is 19.2. The van der Waals surface area contributed by atoms with Gasteiger partial charge >= 0.3 is 14.9 Å².